The van der Waals surface area contributed by atoms with Crippen LogP contribution in [0, 0.1) is 17.6 Å². The second kappa shape index (κ2) is 8.35. The highest BCUT2D eigenvalue weighted by atomic mass is 19.1. The number of nitrogens with zero attached hydrogens (tertiary/aromatic N) is 4. The molecule has 33 heavy (non-hydrogen) atoms. The summed E-state index contributed by atoms with van der Waals surface area (Å²) in [6, 6.07) is 1.40. The normalized spacial score (nSPS) is 25.2. The zero-order valence-corrected chi connectivity index (χ0v) is 18.8. The molecule has 9 heteroatoms. The molecule has 3 atom stereocenters. The van der Waals surface area contributed by atoms with Crippen molar-refractivity contribution in [3.05, 3.63) is 42.0 Å². The summed E-state index contributed by atoms with van der Waals surface area (Å²) in [6.07, 6.45) is 8.32. The predicted molar refractivity (Wildman–Crippen MR) is 118 cm³/mol. The zero-order valence-electron chi connectivity index (χ0n) is 18.8. The first-order chi connectivity index (χ1) is 15.9. The maximum absolute atomic E-state index is 14.7. The minimum absolute atomic E-state index is 0.0391. The van der Waals surface area contributed by atoms with E-state index in [0.29, 0.717) is 47.5 Å². The van der Waals surface area contributed by atoms with Crippen LogP contribution in [0.5, 0.6) is 0 Å². The SMILES string of the molecule is CC[C@@H]1N(CC)C(=O)O[C@]12CCC[C@H](Cc1nc(-c3c[nH]c4ncc(F)cc34)ncc1F)C2. The lowest BCUT2D eigenvalue weighted by Gasteiger charge is -2.40. The number of likely N-dealkylation sites (N-methyl/N-ethyl adjacent to an activating group) is 1. The molecule has 3 aromatic heterocycles. The molecule has 0 radical (unpaired) electrons. The first kappa shape index (κ1) is 21.7. The third-order valence-corrected chi connectivity index (χ3v) is 7.12. The average molecular weight is 456 g/mol. The predicted octanol–water partition coefficient (Wildman–Crippen LogP) is 5.02. The number of aromatic amines is 1. The number of fused-ring (bicyclic) bond motifs is 1. The van der Waals surface area contributed by atoms with Gasteiger partial charge in [-0.25, -0.2) is 28.5 Å². The van der Waals surface area contributed by atoms with Crippen LogP contribution in [-0.2, 0) is 11.2 Å². The van der Waals surface area contributed by atoms with Crippen molar-refractivity contribution >= 4 is 17.1 Å². The number of hydrogen-bond acceptors (Lipinski definition) is 5. The monoisotopic (exact) mass is 455 g/mol. The third kappa shape index (κ3) is 3.73. The molecule has 2 fully saturated rings. The van der Waals surface area contributed by atoms with E-state index < -0.39 is 17.2 Å². The van der Waals surface area contributed by atoms with E-state index in [-0.39, 0.29) is 18.1 Å². The molecular weight excluding hydrogens is 428 g/mol. The molecule has 1 saturated carbocycles. The van der Waals surface area contributed by atoms with E-state index in [4.69, 9.17) is 4.74 Å². The smallest absolute Gasteiger partial charge is 0.410 e. The van der Waals surface area contributed by atoms with E-state index in [1.165, 1.54) is 12.3 Å². The van der Waals surface area contributed by atoms with Crippen molar-refractivity contribution in [2.45, 2.75) is 64.0 Å². The quantitative estimate of drug-likeness (QED) is 0.584. The van der Waals surface area contributed by atoms with Crippen LogP contribution in [0.2, 0.25) is 0 Å². The Balaban J connectivity index is 1.42. The number of rotatable bonds is 5. The van der Waals surface area contributed by atoms with Crippen LogP contribution in [0.25, 0.3) is 22.4 Å². The highest BCUT2D eigenvalue weighted by Crippen LogP contribution is 2.45. The third-order valence-electron chi connectivity index (χ3n) is 7.12. The number of amides is 1. The van der Waals surface area contributed by atoms with Crippen LogP contribution < -0.4 is 0 Å². The second-order valence-corrected chi connectivity index (χ2v) is 9.05. The molecule has 1 saturated heterocycles. The van der Waals surface area contributed by atoms with Crippen LogP contribution in [0.4, 0.5) is 13.6 Å². The molecule has 7 nitrogen and oxygen atoms in total. The van der Waals surface area contributed by atoms with Gasteiger partial charge in [0.1, 0.15) is 17.1 Å². The molecule has 2 aliphatic rings. The fourth-order valence-electron chi connectivity index (χ4n) is 5.72. The number of H-pyrrole nitrogens is 1. The van der Waals surface area contributed by atoms with E-state index in [1.807, 2.05) is 11.8 Å². The number of ether oxygens (including phenoxy) is 1. The van der Waals surface area contributed by atoms with Crippen molar-refractivity contribution in [3.63, 3.8) is 0 Å². The van der Waals surface area contributed by atoms with Gasteiger partial charge in [-0.3, -0.25) is 0 Å². The first-order valence-electron chi connectivity index (χ1n) is 11.6. The van der Waals surface area contributed by atoms with Crippen molar-refractivity contribution < 1.29 is 18.3 Å². The summed E-state index contributed by atoms with van der Waals surface area (Å²) in [7, 11) is 0. The number of pyridine rings is 1. The Morgan fingerprint density at radius 2 is 2.12 bits per heavy atom. The molecule has 0 unspecified atom stereocenters. The number of hydrogen-bond donors (Lipinski definition) is 1. The Hall–Kier alpha value is -3.10. The largest absolute Gasteiger partial charge is 0.441 e. The molecule has 1 N–H and O–H groups in total. The van der Waals surface area contributed by atoms with Gasteiger partial charge in [0, 0.05) is 23.7 Å². The molecule has 1 aliphatic heterocycles. The van der Waals surface area contributed by atoms with Crippen molar-refractivity contribution in [2.24, 2.45) is 5.92 Å². The van der Waals surface area contributed by atoms with Gasteiger partial charge in [0.05, 0.1) is 24.1 Å². The van der Waals surface area contributed by atoms with Gasteiger partial charge >= 0.3 is 6.09 Å². The first-order valence-corrected chi connectivity index (χ1v) is 11.6. The zero-order chi connectivity index (χ0) is 23.2. The summed E-state index contributed by atoms with van der Waals surface area (Å²) >= 11 is 0. The lowest BCUT2D eigenvalue weighted by molar-refractivity contribution is -0.0177. The van der Waals surface area contributed by atoms with Gasteiger partial charge in [-0.1, -0.05) is 6.92 Å². The molecular formula is C24H27F2N5O2. The van der Waals surface area contributed by atoms with E-state index in [2.05, 4.69) is 26.9 Å². The van der Waals surface area contributed by atoms with Crippen LogP contribution in [0.1, 0.15) is 51.6 Å². The maximum Gasteiger partial charge on any atom is 0.410 e. The molecule has 0 aromatic carbocycles. The fourth-order valence-corrected chi connectivity index (χ4v) is 5.72. The minimum atomic E-state index is -0.517. The van der Waals surface area contributed by atoms with Crippen LogP contribution >= 0.6 is 0 Å². The van der Waals surface area contributed by atoms with Gasteiger partial charge in [-0.2, -0.15) is 0 Å². The van der Waals surface area contributed by atoms with Gasteiger partial charge in [-0.15, -0.1) is 0 Å². The van der Waals surface area contributed by atoms with Crippen LogP contribution in [-0.4, -0.2) is 49.1 Å². The summed E-state index contributed by atoms with van der Waals surface area (Å²) in [5, 5.41) is 0.549. The Labute approximate surface area is 190 Å². The fraction of sp³-hybridized carbons (Fsp3) is 0.500. The van der Waals surface area contributed by atoms with Gasteiger partial charge in [-0.05, 0) is 57.4 Å². The Morgan fingerprint density at radius 1 is 1.27 bits per heavy atom. The van der Waals surface area contributed by atoms with Crippen molar-refractivity contribution in [1.82, 2.24) is 24.8 Å². The van der Waals surface area contributed by atoms with Crippen molar-refractivity contribution in [2.75, 3.05) is 6.54 Å². The molecule has 1 spiro atoms. The topological polar surface area (TPSA) is 84.0 Å². The Bertz CT molecular complexity index is 1200. The van der Waals surface area contributed by atoms with Crippen molar-refractivity contribution in [3.8, 4) is 11.4 Å². The maximum atomic E-state index is 14.7. The lowest BCUT2D eigenvalue weighted by atomic mass is 9.72. The van der Waals surface area contributed by atoms with E-state index >= 15 is 0 Å². The summed E-state index contributed by atoms with van der Waals surface area (Å²) in [6.45, 7) is 4.66. The van der Waals surface area contributed by atoms with Crippen LogP contribution in [0.15, 0.2) is 24.7 Å². The molecule has 4 heterocycles. The van der Waals surface area contributed by atoms with E-state index in [0.717, 1.165) is 31.9 Å². The minimum Gasteiger partial charge on any atom is -0.441 e. The highest BCUT2D eigenvalue weighted by molar-refractivity contribution is 5.91. The molecule has 0 bridgehead atoms. The standard InChI is InChI=1S/C24H27F2N5O2/c1-3-20-24(33-23(32)31(20)4-2)7-5-6-14(10-24)8-19-18(26)13-29-22(30-19)17-12-28-21-16(17)9-15(25)11-27-21/h9,11-14,20H,3-8,10H2,1-2H3,(H,27,28)/t14-,20+,24+/m1/s1. The lowest BCUT2D eigenvalue weighted by Crippen LogP contribution is -2.48. The molecule has 5 rings (SSSR count). The van der Waals surface area contributed by atoms with E-state index in [1.54, 1.807) is 6.20 Å². The second-order valence-electron chi connectivity index (χ2n) is 9.05. The van der Waals surface area contributed by atoms with Gasteiger partial charge in [0.2, 0.25) is 0 Å². The summed E-state index contributed by atoms with van der Waals surface area (Å²) in [5.74, 6) is -0.465. The number of halogens is 2. The van der Waals surface area contributed by atoms with Crippen LogP contribution in [0.3, 0.4) is 0 Å². The van der Waals surface area contributed by atoms with Gasteiger partial charge in [0.25, 0.3) is 0 Å². The number of nitrogens with one attached hydrogen (secondary N) is 1. The average Bonchev–Trinajstić information content (AvgIpc) is 3.32. The van der Waals surface area contributed by atoms with Crippen molar-refractivity contribution in [1.29, 1.82) is 0 Å². The molecule has 1 amide bonds. The summed E-state index contributed by atoms with van der Waals surface area (Å²) < 4.78 is 34.4. The Morgan fingerprint density at radius 3 is 2.91 bits per heavy atom. The molecule has 3 aromatic rings. The van der Waals surface area contributed by atoms with Gasteiger partial charge < -0.3 is 14.6 Å². The summed E-state index contributed by atoms with van der Waals surface area (Å²) in [5.41, 5.74) is 0.902. The number of carbonyl (C=O) groups excluding carboxylic acids is 1. The number of aromatic nitrogens is 4. The Kier molecular flexibility index (Phi) is 5.50. The highest BCUT2D eigenvalue weighted by Gasteiger charge is 2.54. The number of carbonyl (C=O) groups is 1. The molecule has 1 aliphatic carbocycles. The van der Waals surface area contributed by atoms with E-state index in [9.17, 15) is 13.6 Å². The van der Waals surface area contributed by atoms with Gasteiger partial charge in [0.15, 0.2) is 11.6 Å². The summed E-state index contributed by atoms with van der Waals surface area (Å²) in [4.78, 5) is 30.0. The molecule has 174 valence electrons.